The van der Waals surface area contributed by atoms with Gasteiger partial charge in [0, 0.05) is 31.5 Å². The van der Waals surface area contributed by atoms with Gasteiger partial charge >= 0.3 is 5.97 Å². The lowest BCUT2D eigenvalue weighted by Crippen LogP contribution is -2.47. The van der Waals surface area contributed by atoms with Crippen molar-refractivity contribution < 1.29 is 22.1 Å². The molecule has 2 aromatic rings. The molecule has 1 saturated carbocycles. The number of rotatable bonds is 4. The summed E-state index contributed by atoms with van der Waals surface area (Å²) in [6.45, 7) is 0. The second-order valence-corrected chi connectivity index (χ2v) is 6.54. The van der Waals surface area contributed by atoms with Crippen LogP contribution in [0.15, 0.2) is 30.5 Å². The van der Waals surface area contributed by atoms with E-state index in [0.717, 1.165) is 0 Å². The molecule has 0 unspecified atom stereocenters. The summed E-state index contributed by atoms with van der Waals surface area (Å²) in [7, 11) is 1.56. The summed E-state index contributed by atoms with van der Waals surface area (Å²) in [5.41, 5.74) is 0.0764. The van der Waals surface area contributed by atoms with E-state index in [4.69, 9.17) is 7.80 Å². The van der Waals surface area contributed by atoms with Gasteiger partial charge in [0.1, 0.15) is 28.8 Å². The summed E-state index contributed by atoms with van der Waals surface area (Å²) < 4.78 is 24.6. The van der Waals surface area contributed by atoms with Gasteiger partial charge in [-0.05, 0) is 42.7 Å². The van der Waals surface area contributed by atoms with Gasteiger partial charge < -0.3 is 9.84 Å². The molecular formula is C17H17FINO4. The van der Waals surface area contributed by atoms with E-state index in [9.17, 15) is 14.3 Å². The van der Waals surface area contributed by atoms with Gasteiger partial charge in [0.05, 0.1) is 10.9 Å². The van der Waals surface area contributed by atoms with E-state index in [1.807, 2.05) is 0 Å². The number of benzene rings is 1. The van der Waals surface area contributed by atoms with Crippen molar-refractivity contribution in [3.63, 3.8) is 0 Å². The van der Waals surface area contributed by atoms with Crippen LogP contribution in [0.25, 0.3) is 10.9 Å². The first-order valence-corrected chi connectivity index (χ1v) is 8.47. The number of carboxylic acid groups (broad SMARTS) is 1. The standard InChI is InChI=1S/C17H17FINO4/c1-23-17(24-19)7-5-16(6-8-17,15(21)22)13-4-9-20-14-3-2-11(18)10-12(13)14/h2-4,9-10H,5-8H2,1H3,(H,21,22). The molecule has 0 atom stereocenters. The lowest BCUT2D eigenvalue weighted by Gasteiger charge is -2.42. The van der Waals surface area contributed by atoms with Crippen LogP contribution in [0.2, 0.25) is 0 Å². The maximum atomic E-state index is 13.7. The number of aromatic nitrogens is 1. The number of aliphatic carboxylic acids is 1. The Balaban J connectivity index is 2.11. The highest BCUT2D eigenvalue weighted by Gasteiger charge is 2.50. The fourth-order valence-electron chi connectivity index (χ4n) is 3.50. The van der Waals surface area contributed by atoms with Crippen molar-refractivity contribution >= 4 is 39.9 Å². The summed E-state index contributed by atoms with van der Waals surface area (Å²) in [5.74, 6) is -2.10. The van der Waals surface area contributed by atoms with Crippen LogP contribution >= 0.6 is 23.0 Å². The number of nitrogens with zero attached hydrogens (tertiary/aromatic N) is 1. The van der Waals surface area contributed by atoms with Gasteiger partial charge in [-0.3, -0.25) is 12.8 Å². The van der Waals surface area contributed by atoms with Crippen molar-refractivity contribution in [2.75, 3.05) is 7.11 Å². The summed E-state index contributed by atoms with van der Waals surface area (Å²) in [6, 6.07) is 5.93. The van der Waals surface area contributed by atoms with E-state index < -0.39 is 23.0 Å². The first-order valence-electron chi connectivity index (χ1n) is 7.59. The van der Waals surface area contributed by atoms with E-state index in [2.05, 4.69) is 4.98 Å². The summed E-state index contributed by atoms with van der Waals surface area (Å²) in [6.07, 6.45) is 3.15. The number of ether oxygens (including phenoxy) is 1. The number of halogens is 2. The van der Waals surface area contributed by atoms with Crippen LogP contribution in [-0.4, -0.2) is 29.0 Å². The highest BCUT2D eigenvalue weighted by atomic mass is 127. The van der Waals surface area contributed by atoms with Crippen LogP contribution in [0.4, 0.5) is 4.39 Å². The fourth-order valence-corrected chi connectivity index (χ4v) is 4.12. The van der Waals surface area contributed by atoms with E-state index in [-0.39, 0.29) is 0 Å². The van der Waals surface area contributed by atoms with Gasteiger partial charge in [0.25, 0.3) is 0 Å². The van der Waals surface area contributed by atoms with Crippen molar-refractivity contribution in [2.24, 2.45) is 0 Å². The van der Waals surface area contributed by atoms with E-state index >= 15 is 0 Å². The van der Waals surface area contributed by atoms with E-state index in [1.165, 1.54) is 12.1 Å². The molecule has 1 aliphatic rings. The van der Waals surface area contributed by atoms with Crippen LogP contribution in [0.1, 0.15) is 31.2 Å². The second-order valence-electron chi connectivity index (χ2n) is 6.10. The maximum Gasteiger partial charge on any atom is 0.314 e. The first-order chi connectivity index (χ1) is 11.5. The quantitative estimate of drug-likeness (QED) is 0.570. The molecule has 0 amide bonds. The number of hydrogen-bond donors (Lipinski definition) is 1. The molecule has 0 saturated heterocycles. The predicted octanol–water partition coefficient (Wildman–Crippen LogP) is 3.98. The minimum absolute atomic E-state index is 0.342. The number of pyridine rings is 1. The smallest absolute Gasteiger partial charge is 0.314 e. The van der Waals surface area contributed by atoms with Crippen LogP contribution < -0.4 is 0 Å². The molecule has 5 nitrogen and oxygen atoms in total. The third-order valence-corrected chi connectivity index (χ3v) is 5.81. The van der Waals surface area contributed by atoms with E-state index in [0.29, 0.717) is 42.1 Å². The zero-order chi connectivity index (χ0) is 17.4. The van der Waals surface area contributed by atoms with Gasteiger partial charge in [-0.25, -0.2) is 4.39 Å². The van der Waals surface area contributed by atoms with Gasteiger partial charge in [-0.1, -0.05) is 0 Å². The molecule has 128 valence electrons. The number of methoxy groups -OCH3 is 1. The monoisotopic (exact) mass is 445 g/mol. The molecule has 0 bridgehead atoms. The molecular weight excluding hydrogens is 428 g/mol. The lowest BCUT2D eigenvalue weighted by molar-refractivity contribution is -0.177. The third kappa shape index (κ3) is 2.78. The lowest BCUT2D eigenvalue weighted by atomic mass is 9.67. The summed E-state index contributed by atoms with van der Waals surface area (Å²) in [4.78, 5) is 16.4. The zero-order valence-corrected chi connectivity index (χ0v) is 15.2. The summed E-state index contributed by atoms with van der Waals surface area (Å²) in [5, 5.41) is 10.5. The maximum absolute atomic E-state index is 13.7. The van der Waals surface area contributed by atoms with Crippen molar-refractivity contribution in [3.8, 4) is 0 Å². The molecule has 1 aromatic heterocycles. The first kappa shape index (κ1) is 17.5. The third-order valence-electron chi connectivity index (χ3n) is 5.01. The topological polar surface area (TPSA) is 68.7 Å². The molecule has 1 N–H and O–H groups in total. The minimum atomic E-state index is -1.10. The van der Waals surface area contributed by atoms with Gasteiger partial charge in [0.15, 0.2) is 5.79 Å². The van der Waals surface area contributed by atoms with Crippen molar-refractivity contribution in [2.45, 2.75) is 36.9 Å². The molecule has 1 fully saturated rings. The Morgan fingerprint density at radius 2 is 2.00 bits per heavy atom. The van der Waals surface area contributed by atoms with Gasteiger partial charge in [-0.2, -0.15) is 0 Å². The average Bonchev–Trinajstić information content (AvgIpc) is 2.61. The Bertz CT molecular complexity index is 768. The summed E-state index contributed by atoms with van der Waals surface area (Å²) >= 11 is 1.79. The van der Waals surface area contributed by atoms with E-state index in [1.54, 1.807) is 48.4 Å². The Kier molecular flexibility index (Phi) is 4.76. The molecule has 7 heteroatoms. The van der Waals surface area contributed by atoms with Crippen LogP contribution in [0.3, 0.4) is 0 Å². The van der Waals surface area contributed by atoms with Crippen molar-refractivity contribution in [1.29, 1.82) is 0 Å². The molecule has 0 spiro atoms. The van der Waals surface area contributed by atoms with Crippen molar-refractivity contribution in [3.05, 3.63) is 41.8 Å². The molecule has 0 aliphatic heterocycles. The van der Waals surface area contributed by atoms with Crippen molar-refractivity contribution in [1.82, 2.24) is 4.98 Å². The highest BCUT2D eigenvalue weighted by molar-refractivity contribution is 14.1. The zero-order valence-electron chi connectivity index (χ0n) is 13.1. The normalized spacial score (nSPS) is 27.3. The molecule has 0 radical (unpaired) electrons. The molecule has 24 heavy (non-hydrogen) atoms. The number of carboxylic acids is 1. The Morgan fingerprint density at radius 1 is 1.29 bits per heavy atom. The Morgan fingerprint density at radius 3 is 2.58 bits per heavy atom. The van der Waals surface area contributed by atoms with Crippen LogP contribution in [0.5, 0.6) is 0 Å². The minimum Gasteiger partial charge on any atom is -0.481 e. The largest absolute Gasteiger partial charge is 0.481 e. The second kappa shape index (κ2) is 6.53. The highest BCUT2D eigenvalue weighted by Crippen LogP contribution is 2.47. The molecule has 1 aromatic carbocycles. The fraction of sp³-hybridized carbons (Fsp3) is 0.412. The predicted molar refractivity (Wildman–Crippen MR) is 94.3 cm³/mol. The Hall–Kier alpha value is -1.32. The average molecular weight is 445 g/mol. The molecule has 1 heterocycles. The van der Waals surface area contributed by atoms with Gasteiger partial charge in [-0.15, -0.1) is 0 Å². The Labute approximate surface area is 152 Å². The number of carbonyl (C=O) groups is 1. The van der Waals surface area contributed by atoms with Crippen LogP contribution in [-0.2, 0) is 18.0 Å². The SMILES string of the molecule is COC1(OI)CCC(C(=O)O)(c2ccnc3ccc(F)cc23)CC1. The number of fused-ring (bicyclic) bond motifs is 1. The molecule has 3 rings (SSSR count). The number of hydrogen-bond acceptors (Lipinski definition) is 4. The van der Waals surface area contributed by atoms with Gasteiger partial charge in [0.2, 0.25) is 0 Å². The van der Waals surface area contributed by atoms with Crippen LogP contribution in [0, 0.1) is 5.82 Å². The molecule has 1 aliphatic carbocycles.